The molecule has 3 heteroatoms. The molecule has 0 saturated carbocycles. The van der Waals surface area contributed by atoms with Gasteiger partial charge in [-0.15, -0.1) is 0 Å². The summed E-state index contributed by atoms with van der Waals surface area (Å²) in [7, 11) is 0. The third kappa shape index (κ3) is 4.22. The summed E-state index contributed by atoms with van der Waals surface area (Å²) in [5.41, 5.74) is 24.3. The number of ketones is 1. The minimum atomic E-state index is -0.493. The number of para-hydroxylation sites is 4. The van der Waals surface area contributed by atoms with Crippen molar-refractivity contribution in [2.45, 2.75) is 10.8 Å². The van der Waals surface area contributed by atoms with Crippen LogP contribution in [0.15, 0.2) is 231 Å². The molecule has 5 aliphatic rings. The van der Waals surface area contributed by atoms with Gasteiger partial charge in [0.15, 0.2) is 5.78 Å². The monoisotopic (exact) mass is 838 g/mol. The second-order valence-electron chi connectivity index (χ2n) is 18.2. The molecule has 0 unspecified atom stereocenters. The molecule has 2 aliphatic heterocycles. The smallest absolute Gasteiger partial charge is 0.194 e. The summed E-state index contributed by atoms with van der Waals surface area (Å²) in [4.78, 5) is 19.3. The average molecular weight is 839 g/mol. The maximum atomic E-state index is 14.4. The van der Waals surface area contributed by atoms with Crippen molar-refractivity contribution in [3.05, 3.63) is 286 Å². The summed E-state index contributed by atoms with van der Waals surface area (Å²) >= 11 is 0. The normalized spacial score (nSPS) is 15.2. The first-order valence-electron chi connectivity index (χ1n) is 22.9. The molecular formula is C63H38N2O. The molecule has 2 heterocycles. The average Bonchev–Trinajstić information content (AvgIpc) is 3.96. The van der Waals surface area contributed by atoms with Gasteiger partial charge < -0.3 is 9.80 Å². The van der Waals surface area contributed by atoms with Crippen molar-refractivity contribution in [1.29, 1.82) is 0 Å². The van der Waals surface area contributed by atoms with Crippen molar-refractivity contribution in [3.8, 4) is 33.4 Å². The van der Waals surface area contributed by atoms with E-state index in [0.29, 0.717) is 0 Å². The molecule has 0 atom stereocenters. The van der Waals surface area contributed by atoms with Gasteiger partial charge in [0.25, 0.3) is 0 Å². The van der Waals surface area contributed by atoms with E-state index < -0.39 is 10.8 Å². The highest BCUT2D eigenvalue weighted by Crippen LogP contribution is 2.65. The van der Waals surface area contributed by atoms with Gasteiger partial charge in [-0.05, 0) is 139 Å². The van der Waals surface area contributed by atoms with Crippen molar-refractivity contribution in [1.82, 2.24) is 0 Å². The molecule has 3 nitrogen and oxygen atoms in total. The summed E-state index contributed by atoms with van der Waals surface area (Å²) in [6.45, 7) is 0. The molecule has 0 fully saturated rings. The Morgan fingerprint density at radius 3 is 0.803 bits per heavy atom. The predicted molar refractivity (Wildman–Crippen MR) is 266 cm³/mol. The number of hydrogen-bond donors (Lipinski definition) is 0. The lowest BCUT2D eigenvalue weighted by molar-refractivity contribution is 0.104. The molecule has 0 radical (unpaired) electrons. The van der Waals surface area contributed by atoms with E-state index >= 15 is 0 Å². The quantitative estimate of drug-likeness (QED) is 0.173. The topological polar surface area (TPSA) is 23.6 Å². The molecule has 0 saturated heterocycles. The van der Waals surface area contributed by atoms with E-state index in [0.717, 1.165) is 56.4 Å². The van der Waals surface area contributed by atoms with Gasteiger partial charge in [0, 0.05) is 22.5 Å². The molecule has 10 aromatic carbocycles. The first-order valence-corrected chi connectivity index (χ1v) is 22.9. The fraction of sp³-hybridized carbons (Fsp3) is 0.0317. The standard InChI is InChI=1S/C63H38N2O/c66-61-45-35-33-39(64-57-29-13-9-25-53(57)62(54-26-10-14-30-58(54)64)49-21-5-1-17-41(49)42-18-2-6-22-50(42)62)37-47(45)48-38-40(34-36-46(48)61)65-59-31-15-11-27-55(59)63(56-28-12-16-32-60(56)65)51-23-7-3-19-43(51)44-20-4-8-24-52(44)63/h1-38H. The summed E-state index contributed by atoms with van der Waals surface area (Å²) in [6.07, 6.45) is 0. The van der Waals surface area contributed by atoms with Crippen LogP contribution in [0.4, 0.5) is 34.1 Å². The summed E-state index contributed by atoms with van der Waals surface area (Å²) in [5, 5.41) is 0. The lowest BCUT2D eigenvalue weighted by Crippen LogP contribution is -2.36. The van der Waals surface area contributed by atoms with Crippen LogP contribution in [0.2, 0.25) is 0 Å². The minimum absolute atomic E-state index is 0.0632. The van der Waals surface area contributed by atoms with E-state index in [1.165, 1.54) is 66.8 Å². The van der Waals surface area contributed by atoms with Crippen LogP contribution in [-0.4, -0.2) is 5.78 Å². The zero-order valence-corrected chi connectivity index (χ0v) is 35.7. The Bertz CT molecular complexity index is 3350. The highest BCUT2D eigenvalue weighted by atomic mass is 16.1. The van der Waals surface area contributed by atoms with E-state index in [1.54, 1.807) is 0 Å². The van der Waals surface area contributed by atoms with Crippen molar-refractivity contribution < 1.29 is 4.79 Å². The fourth-order valence-corrected chi connectivity index (χ4v) is 13.0. The van der Waals surface area contributed by atoms with Crippen molar-refractivity contribution in [3.63, 3.8) is 0 Å². The Hall–Kier alpha value is -8.53. The molecule has 66 heavy (non-hydrogen) atoms. The summed E-state index contributed by atoms with van der Waals surface area (Å²) in [5.74, 6) is 0.0632. The number of fused-ring (bicyclic) bond motifs is 21. The lowest BCUT2D eigenvalue weighted by Gasteiger charge is -2.45. The zero-order valence-electron chi connectivity index (χ0n) is 35.7. The highest BCUT2D eigenvalue weighted by molar-refractivity contribution is 6.22. The van der Waals surface area contributed by atoms with E-state index in [-0.39, 0.29) is 5.78 Å². The molecule has 0 bridgehead atoms. The van der Waals surface area contributed by atoms with Gasteiger partial charge in [-0.25, -0.2) is 0 Å². The summed E-state index contributed by atoms with van der Waals surface area (Å²) in [6, 6.07) is 84.2. The van der Waals surface area contributed by atoms with E-state index in [4.69, 9.17) is 0 Å². The Labute approximate surface area is 383 Å². The first kappa shape index (κ1) is 35.9. The predicted octanol–water partition coefficient (Wildman–Crippen LogP) is 15.2. The Morgan fingerprint density at radius 2 is 0.500 bits per heavy atom. The molecular weight excluding hydrogens is 801 g/mol. The van der Waals surface area contributed by atoms with Gasteiger partial charge in [0.05, 0.1) is 33.6 Å². The number of nitrogens with zero attached hydrogens (tertiary/aromatic N) is 2. The number of carbonyl (C=O) groups excluding carboxylic acids is 1. The molecule has 0 aromatic heterocycles. The number of rotatable bonds is 2. The van der Waals surface area contributed by atoms with Crippen LogP contribution < -0.4 is 9.80 Å². The molecule has 0 amide bonds. The van der Waals surface area contributed by atoms with Crippen molar-refractivity contribution >= 4 is 39.9 Å². The van der Waals surface area contributed by atoms with Crippen LogP contribution in [0.25, 0.3) is 33.4 Å². The SMILES string of the molecule is O=C1c2ccc(N3c4ccccc4C4(c5ccccc5-c5ccccc54)c4ccccc43)cc2-c2cc(N3c4ccccc4C4(c5ccccc5-c5ccccc54)c4ccccc43)ccc21. The van der Waals surface area contributed by atoms with E-state index in [9.17, 15) is 4.79 Å². The lowest BCUT2D eigenvalue weighted by atomic mass is 9.64. The van der Waals surface area contributed by atoms with Crippen LogP contribution in [-0.2, 0) is 10.8 Å². The maximum Gasteiger partial charge on any atom is 0.194 e. The number of benzene rings is 10. The number of anilines is 6. The van der Waals surface area contributed by atoms with Crippen LogP contribution in [0.3, 0.4) is 0 Å². The van der Waals surface area contributed by atoms with Crippen LogP contribution in [0.1, 0.15) is 60.4 Å². The largest absolute Gasteiger partial charge is 0.310 e. The van der Waals surface area contributed by atoms with Gasteiger partial charge in [0.1, 0.15) is 0 Å². The van der Waals surface area contributed by atoms with Gasteiger partial charge in [0.2, 0.25) is 0 Å². The third-order valence-electron chi connectivity index (χ3n) is 15.4. The van der Waals surface area contributed by atoms with Gasteiger partial charge in [-0.2, -0.15) is 0 Å². The molecule has 306 valence electrons. The minimum Gasteiger partial charge on any atom is -0.310 e. The van der Waals surface area contributed by atoms with Crippen molar-refractivity contribution in [2.75, 3.05) is 9.80 Å². The highest BCUT2D eigenvalue weighted by Gasteiger charge is 2.53. The first-order chi connectivity index (χ1) is 32.7. The number of carbonyl (C=O) groups is 1. The van der Waals surface area contributed by atoms with Gasteiger partial charge in [-0.3, -0.25) is 4.79 Å². The van der Waals surface area contributed by atoms with E-state index in [2.05, 4.69) is 228 Å². The second-order valence-corrected chi connectivity index (χ2v) is 18.2. The molecule has 3 aliphatic carbocycles. The Kier molecular flexibility index (Phi) is 6.96. The maximum absolute atomic E-state index is 14.4. The second kappa shape index (κ2) is 12.8. The summed E-state index contributed by atoms with van der Waals surface area (Å²) < 4.78 is 0. The number of hydrogen-bond acceptors (Lipinski definition) is 3. The molecule has 2 spiro atoms. The molecule has 10 aromatic rings. The van der Waals surface area contributed by atoms with E-state index in [1.807, 2.05) is 12.1 Å². The fourth-order valence-electron chi connectivity index (χ4n) is 13.0. The molecule has 0 N–H and O–H groups in total. The Morgan fingerprint density at radius 1 is 0.242 bits per heavy atom. The zero-order chi connectivity index (χ0) is 43.3. The van der Waals surface area contributed by atoms with Crippen molar-refractivity contribution in [2.24, 2.45) is 0 Å². The third-order valence-corrected chi connectivity index (χ3v) is 15.4. The van der Waals surface area contributed by atoms with Crippen LogP contribution >= 0.6 is 0 Å². The van der Waals surface area contributed by atoms with Gasteiger partial charge >= 0.3 is 0 Å². The molecule has 15 rings (SSSR count). The van der Waals surface area contributed by atoms with Crippen LogP contribution in [0, 0.1) is 0 Å². The Balaban J connectivity index is 0.913. The van der Waals surface area contributed by atoms with Gasteiger partial charge in [-0.1, -0.05) is 170 Å². The van der Waals surface area contributed by atoms with Crippen LogP contribution in [0.5, 0.6) is 0 Å².